The van der Waals surface area contributed by atoms with Gasteiger partial charge in [0.1, 0.15) is 0 Å². The number of rotatable bonds is 4. The second-order valence-corrected chi connectivity index (χ2v) is 3.83. The van der Waals surface area contributed by atoms with Gasteiger partial charge in [0.15, 0.2) is 6.10 Å². The predicted molar refractivity (Wildman–Crippen MR) is 71.4 cm³/mol. The number of hydrogen-bond donors (Lipinski definition) is 2. The monoisotopic (exact) mass is 255 g/mol. The number of benzene rings is 1. The minimum Gasteiger partial charge on any atom is -0.378 e. The molecule has 0 spiro atoms. The fourth-order valence-electron chi connectivity index (χ4n) is 1.47. The summed E-state index contributed by atoms with van der Waals surface area (Å²) >= 11 is 0. The molecule has 1 aromatic carbocycles. The molecule has 0 aliphatic carbocycles. The van der Waals surface area contributed by atoms with Crippen molar-refractivity contribution in [3.63, 3.8) is 0 Å². The van der Waals surface area contributed by atoms with Gasteiger partial charge in [0, 0.05) is 18.0 Å². The molecule has 1 heterocycles. The predicted octanol–water partition coefficient (Wildman–Crippen LogP) is 1.27. The Balaban J connectivity index is 1.93. The second kappa shape index (κ2) is 6.42. The van der Waals surface area contributed by atoms with Crippen LogP contribution in [0.1, 0.15) is 17.2 Å². The molecule has 0 bridgehead atoms. The normalized spacial score (nSPS) is 12.3. The van der Waals surface area contributed by atoms with E-state index in [1.54, 1.807) is 48.8 Å². The number of nitrogens with one attached hydrogen (secondary N) is 1. The number of amides is 1. The van der Waals surface area contributed by atoms with Crippen LogP contribution in [0.25, 0.3) is 0 Å². The number of aliphatic hydroxyl groups is 1. The number of aromatic nitrogens is 1. The van der Waals surface area contributed by atoms with Crippen molar-refractivity contribution in [1.82, 2.24) is 10.4 Å². The summed E-state index contributed by atoms with van der Waals surface area (Å²) in [5.74, 6) is -0.577. The molecule has 1 aromatic heterocycles. The number of aliphatic hydroxyl groups excluding tert-OH is 1. The van der Waals surface area contributed by atoms with Crippen LogP contribution in [0.3, 0.4) is 0 Å². The van der Waals surface area contributed by atoms with Crippen LogP contribution in [0.15, 0.2) is 60.0 Å². The van der Waals surface area contributed by atoms with Gasteiger partial charge >= 0.3 is 0 Å². The van der Waals surface area contributed by atoms with Gasteiger partial charge in [-0.3, -0.25) is 9.78 Å². The van der Waals surface area contributed by atoms with Gasteiger partial charge < -0.3 is 5.11 Å². The molecule has 0 fully saturated rings. The lowest BCUT2D eigenvalue weighted by Crippen LogP contribution is -2.25. The first-order valence-corrected chi connectivity index (χ1v) is 5.73. The van der Waals surface area contributed by atoms with Crippen LogP contribution in [0.4, 0.5) is 0 Å². The quantitative estimate of drug-likeness (QED) is 0.638. The van der Waals surface area contributed by atoms with Gasteiger partial charge in [0.05, 0.1) is 6.21 Å². The highest BCUT2D eigenvalue weighted by molar-refractivity contribution is 5.84. The lowest BCUT2D eigenvalue weighted by molar-refractivity contribution is -0.129. The zero-order valence-electron chi connectivity index (χ0n) is 10.1. The third kappa shape index (κ3) is 3.72. The summed E-state index contributed by atoms with van der Waals surface area (Å²) in [5.41, 5.74) is 3.57. The lowest BCUT2D eigenvalue weighted by Gasteiger charge is -2.08. The maximum absolute atomic E-state index is 11.6. The van der Waals surface area contributed by atoms with Gasteiger partial charge in [-0.25, -0.2) is 5.43 Å². The van der Waals surface area contributed by atoms with Crippen LogP contribution in [0, 0.1) is 0 Å². The molecular formula is C14H13N3O2. The Bertz CT molecular complexity index is 555. The van der Waals surface area contributed by atoms with Gasteiger partial charge in [0.25, 0.3) is 5.91 Å². The molecule has 0 aliphatic rings. The van der Waals surface area contributed by atoms with Crippen molar-refractivity contribution in [2.75, 3.05) is 0 Å². The van der Waals surface area contributed by atoms with Gasteiger partial charge in [-0.1, -0.05) is 36.4 Å². The highest BCUT2D eigenvalue weighted by Crippen LogP contribution is 2.11. The van der Waals surface area contributed by atoms with Gasteiger partial charge in [0.2, 0.25) is 0 Å². The van der Waals surface area contributed by atoms with Gasteiger partial charge in [-0.05, 0) is 11.6 Å². The molecule has 1 atom stereocenters. The Labute approximate surface area is 110 Å². The standard InChI is InChI=1S/C14H13N3O2/c18-13(12-6-2-1-3-7-12)14(19)17-16-10-11-5-4-8-15-9-11/h1-10,13,18H,(H,17,19)/t13-/m1/s1. The molecule has 0 saturated carbocycles. The van der Waals surface area contributed by atoms with Crippen molar-refractivity contribution < 1.29 is 9.90 Å². The fourth-order valence-corrected chi connectivity index (χ4v) is 1.47. The average molecular weight is 255 g/mol. The Morgan fingerprint density at radius 2 is 2.05 bits per heavy atom. The van der Waals surface area contributed by atoms with Crippen LogP contribution in [-0.2, 0) is 4.79 Å². The van der Waals surface area contributed by atoms with E-state index < -0.39 is 12.0 Å². The number of hydrogen-bond acceptors (Lipinski definition) is 4. The summed E-state index contributed by atoms with van der Waals surface area (Å²) in [6.07, 6.45) is 3.49. The molecule has 2 rings (SSSR count). The Kier molecular flexibility index (Phi) is 4.36. The van der Waals surface area contributed by atoms with Crippen molar-refractivity contribution in [1.29, 1.82) is 0 Å². The van der Waals surface area contributed by atoms with E-state index in [4.69, 9.17) is 0 Å². The number of nitrogens with zero attached hydrogens (tertiary/aromatic N) is 2. The van der Waals surface area contributed by atoms with Gasteiger partial charge in [-0.2, -0.15) is 5.10 Å². The van der Waals surface area contributed by atoms with E-state index >= 15 is 0 Å². The van der Waals surface area contributed by atoms with E-state index in [1.165, 1.54) is 6.21 Å². The number of hydrazone groups is 1. The second-order valence-electron chi connectivity index (χ2n) is 3.83. The lowest BCUT2D eigenvalue weighted by atomic mass is 10.1. The van der Waals surface area contributed by atoms with E-state index in [-0.39, 0.29) is 0 Å². The molecule has 2 N–H and O–H groups in total. The molecule has 96 valence electrons. The minimum atomic E-state index is -1.23. The molecule has 5 heteroatoms. The molecular weight excluding hydrogens is 242 g/mol. The maximum Gasteiger partial charge on any atom is 0.273 e. The first-order chi connectivity index (χ1) is 9.27. The number of carbonyl (C=O) groups excluding carboxylic acids is 1. The molecule has 2 aromatic rings. The molecule has 0 radical (unpaired) electrons. The van der Waals surface area contributed by atoms with Crippen LogP contribution < -0.4 is 5.43 Å². The third-order valence-electron chi connectivity index (χ3n) is 2.44. The molecule has 0 saturated heterocycles. The zero-order valence-corrected chi connectivity index (χ0v) is 10.1. The van der Waals surface area contributed by atoms with Crippen molar-refractivity contribution in [2.45, 2.75) is 6.10 Å². The average Bonchev–Trinajstić information content (AvgIpc) is 2.48. The summed E-state index contributed by atoms with van der Waals surface area (Å²) in [4.78, 5) is 15.6. The van der Waals surface area contributed by atoms with Gasteiger partial charge in [-0.15, -0.1) is 0 Å². The summed E-state index contributed by atoms with van der Waals surface area (Å²) in [7, 11) is 0. The van der Waals surface area contributed by atoms with Crippen molar-refractivity contribution in [2.24, 2.45) is 5.10 Å². The van der Waals surface area contributed by atoms with Crippen LogP contribution in [0.2, 0.25) is 0 Å². The van der Waals surface area contributed by atoms with Crippen molar-refractivity contribution in [3.8, 4) is 0 Å². The number of pyridine rings is 1. The maximum atomic E-state index is 11.6. The fraction of sp³-hybridized carbons (Fsp3) is 0.0714. The third-order valence-corrected chi connectivity index (χ3v) is 2.44. The molecule has 1 amide bonds. The summed E-state index contributed by atoms with van der Waals surface area (Å²) in [6.45, 7) is 0. The smallest absolute Gasteiger partial charge is 0.273 e. The molecule has 5 nitrogen and oxygen atoms in total. The van der Waals surface area contributed by atoms with Crippen LogP contribution in [-0.4, -0.2) is 22.2 Å². The highest BCUT2D eigenvalue weighted by atomic mass is 16.3. The Morgan fingerprint density at radius 1 is 1.26 bits per heavy atom. The summed E-state index contributed by atoms with van der Waals surface area (Å²) < 4.78 is 0. The zero-order chi connectivity index (χ0) is 13.5. The Hall–Kier alpha value is -2.53. The molecule has 0 aliphatic heterocycles. The van der Waals surface area contributed by atoms with E-state index in [1.807, 2.05) is 6.07 Å². The van der Waals surface area contributed by atoms with Crippen LogP contribution in [0.5, 0.6) is 0 Å². The first-order valence-electron chi connectivity index (χ1n) is 5.73. The van der Waals surface area contributed by atoms with E-state index in [0.29, 0.717) is 5.56 Å². The molecule has 19 heavy (non-hydrogen) atoms. The van der Waals surface area contributed by atoms with E-state index in [0.717, 1.165) is 5.56 Å². The summed E-state index contributed by atoms with van der Waals surface area (Å²) in [6, 6.07) is 12.2. The SMILES string of the molecule is O=C(NN=Cc1cccnc1)[C@H](O)c1ccccc1. The van der Waals surface area contributed by atoms with E-state index in [9.17, 15) is 9.90 Å². The van der Waals surface area contributed by atoms with Crippen LogP contribution >= 0.6 is 0 Å². The largest absolute Gasteiger partial charge is 0.378 e. The Morgan fingerprint density at radius 3 is 2.74 bits per heavy atom. The first kappa shape index (κ1) is 12.9. The highest BCUT2D eigenvalue weighted by Gasteiger charge is 2.15. The van der Waals surface area contributed by atoms with E-state index in [2.05, 4.69) is 15.5 Å². The van der Waals surface area contributed by atoms with Crippen molar-refractivity contribution >= 4 is 12.1 Å². The van der Waals surface area contributed by atoms with Crippen molar-refractivity contribution in [3.05, 3.63) is 66.0 Å². The summed E-state index contributed by atoms with van der Waals surface area (Å²) in [5, 5.41) is 13.6. The minimum absolute atomic E-state index is 0.525. The molecule has 0 unspecified atom stereocenters. The topological polar surface area (TPSA) is 74.6 Å². The number of carbonyl (C=O) groups is 1.